The lowest BCUT2D eigenvalue weighted by atomic mass is 10.0. The molecule has 1 N–H and O–H groups in total. The Labute approximate surface area is 281 Å². The molecule has 9 heteroatoms. The zero-order valence-electron chi connectivity index (χ0n) is 27.0. The summed E-state index contributed by atoms with van der Waals surface area (Å²) in [5.74, 6) is -0.780. The van der Waals surface area contributed by atoms with Gasteiger partial charge in [-0.15, -0.1) is 0 Å². The van der Waals surface area contributed by atoms with E-state index in [1.54, 1.807) is 30.3 Å². The minimum atomic E-state index is -4.17. The summed E-state index contributed by atoms with van der Waals surface area (Å²) in [6, 6.07) is 28.2. The molecule has 0 radical (unpaired) electrons. The molecule has 4 rings (SSSR count). The number of hydrogen-bond donors (Lipinski definition) is 1. The minimum Gasteiger partial charge on any atom is -0.352 e. The quantitative estimate of drug-likeness (QED) is 0.161. The van der Waals surface area contributed by atoms with Crippen LogP contribution in [0.5, 0.6) is 0 Å². The molecule has 0 aliphatic carbocycles. The normalized spacial score (nSPS) is 12.7. The van der Waals surface area contributed by atoms with E-state index in [0.29, 0.717) is 11.3 Å². The standard InChI is InChI=1S/C37H42BrN3O4S/c1-6-29(5)39-37(43)35(23-30-11-8-7-9-12-30)40(24-31-13-10-14-32(38)22-31)36(42)25-41(34-21-27(3)15-18-28(34)4)46(44,45)33-19-16-26(2)17-20-33/h7-22,29,35H,6,23-25H2,1-5H3,(H,39,43)/t29-,35-/m1/s1. The van der Waals surface area contributed by atoms with Crippen molar-refractivity contribution in [2.75, 3.05) is 10.8 Å². The first-order valence-corrected chi connectivity index (χ1v) is 17.7. The number of nitrogens with zero attached hydrogens (tertiary/aromatic N) is 2. The molecular formula is C37H42BrN3O4S. The average Bonchev–Trinajstić information content (AvgIpc) is 3.03. The highest BCUT2D eigenvalue weighted by Gasteiger charge is 2.35. The van der Waals surface area contributed by atoms with Gasteiger partial charge in [-0.2, -0.15) is 0 Å². The number of anilines is 1. The fourth-order valence-corrected chi connectivity index (χ4v) is 7.08. The topological polar surface area (TPSA) is 86.8 Å². The van der Waals surface area contributed by atoms with Crippen LogP contribution in [0.3, 0.4) is 0 Å². The number of carbonyl (C=O) groups is 2. The van der Waals surface area contributed by atoms with Crippen molar-refractivity contribution in [1.29, 1.82) is 0 Å². The number of carbonyl (C=O) groups excluding carboxylic acids is 2. The molecule has 0 saturated heterocycles. The Morgan fingerprint density at radius 1 is 0.826 bits per heavy atom. The predicted molar refractivity (Wildman–Crippen MR) is 188 cm³/mol. The maximum absolute atomic E-state index is 14.7. The molecule has 0 spiro atoms. The van der Waals surface area contributed by atoms with Gasteiger partial charge in [0.05, 0.1) is 10.6 Å². The molecule has 2 amide bonds. The zero-order chi connectivity index (χ0) is 33.4. The predicted octanol–water partition coefficient (Wildman–Crippen LogP) is 7.12. The number of halogens is 1. The molecule has 4 aromatic carbocycles. The van der Waals surface area contributed by atoms with Crippen molar-refractivity contribution in [2.45, 2.75) is 71.0 Å². The first kappa shape index (κ1) is 34.9. The number of aryl methyl sites for hydroxylation is 3. The van der Waals surface area contributed by atoms with E-state index in [2.05, 4.69) is 21.2 Å². The van der Waals surface area contributed by atoms with Gasteiger partial charge in [-0.25, -0.2) is 8.42 Å². The van der Waals surface area contributed by atoms with Crippen molar-refractivity contribution in [3.8, 4) is 0 Å². The molecule has 242 valence electrons. The lowest BCUT2D eigenvalue weighted by molar-refractivity contribution is -0.140. The van der Waals surface area contributed by atoms with Crippen LogP contribution in [0.25, 0.3) is 0 Å². The lowest BCUT2D eigenvalue weighted by Gasteiger charge is -2.34. The monoisotopic (exact) mass is 703 g/mol. The van der Waals surface area contributed by atoms with Crippen LogP contribution in [-0.4, -0.2) is 43.8 Å². The van der Waals surface area contributed by atoms with Crippen molar-refractivity contribution in [3.05, 3.63) is 129 Å². The second-order valence-electron chi connectivity index (χ2n) is 11.8. The molecular weight excluding hydrogens is 662 g/mol. The minimum absolute atomic E-state index is 0.0840. The van der Waals surface area contributed by atoms with Gasteiger partial charge < -0.3 is 10.2 Å². The highest BCUT2D eigenvalue weighted by Crippen LogP contribution is 2.29. The summed E-state index contributed by atoms with van der Waals surface area (Å²) in [6.45, 7) is 9.13. The summed E-state index contributed by atoms with van der Waals surface area (Å²) < 4.78 is 30.7. The number of rotatable bonds is 13. The molecule has 0 aromatic heterocycles. The van der Waals surface area contributed by atoms with Crippen LogP contribution in [0.4, 0.5) is 5.69 Å². The third-order valence-corrected chi connectivity index (χ3v) is 10.3. The Morgan fingerprint density at radius 3 is 2.13 bits per heavy atom. The van der Waals surface area contributed by atoms with Gasteiger partial charge in [0.25, 0.3) is 10.0 Å². The van der Waals surface area contributed by atoms with E-state index in [0.717, 1.165) is 33.1 Å². The van der Waals surface area contributed by atoms with E-state index < -0.39 is 28.5 Å². The van der Waals surface area contributed by atoms with Crippen LogP contribution in [0.2, 0.25) is 0 Å². The van der Waals surface area contributed by atoms with Crippen LogP contribution in [0.15, 0.2) is 106 Å². The zero-order valence-corrected chi connectivity index (χ0v) is 29.4. The summed E-state index contributed by atoms with van der Waals surface area (Å²) in [7, 11) is -4.17. The molecule has 0 saturated carbocycles. The van der Waals surface area contributed by atoms with Gasteiger partial charge in [-0.1, -0.05) is 95.1 Å². The number of nitrogens with one attached hydrogen (secondary N) is 1. The first-order chi connectivity index (χ1) is 21.9. The van der Waals surface area contributed by atoms with Crippen LogP contribution >= 0.6 is 15.9 Å². The van der Waals surface area contributed by atoms with E-state index in [9.17, 15) is 18.0 Å². The Morgan fingerprint density at radius 2 is 1.48 bits per heavy atom. The highest BCUT2D eigenvalue weighted by molar-refractivity contribution is 9.10. The summed E-state index contributed by atoms with van der Waals surface area (Å²) in [6.07, 6.45) is 0.982. The van der Waals surface area contributed by atoms with Gasteiger partial charge in [-0.05, 0) is 86.7 Å². The van der Waals surface area contributed by atoms with Crippen LogP contribution in [-0.2, 0) is 32.6 Å². The molecule has 0 bridgehead atoms. The van der Waals surface area contributed by atoms with E-state index in [-0.39, 0.29) is 29.8 Å². The first-order valence-electron chi connectivity index (χ1n) is 15.4. The SMILES string of the molecule is CC[C@@H](C)NC(=O)[C@@H](Cc1ccccc1)N(Cc1cccc(Br)c1)C(=O)CN(c1cc(C)ccc1C)S(=O)(=O)c1ccc(C)cc1. The molecule has 0 aliphatic rings. The fraction of sp³-hybridized carbons (Fsp3) is 0.297. The molecule has 0 unspecified atom stereocenters. The molecule has 0 fully saturated rings. The molecule has 0 heterocycles. The second kappa shape index (κ2) is 15.6. The molecule has 0 aliphatic heterocycles. The van der Waals surface area contributed by atoms with Gasteiger partial charge in [0.2, 0.25) is 11.8 Å². The third-order valence-electron chi connectivity index (χ3n) is 8.04. The van der Waals surface area contributed by atoms with Crippen LogP contribution < -0.4 is 9.62 Å². The van der Waals surface area contributed by atoms with Crippen molar-refractivity contribution in [2.24, 2.45) is 0 Å². The largest absolute Gasteiger partial charge is 0.352 e. The molecule has 7 nitrogen and oxygen atoms in total. The summed E-state index contributed by atoms with van der Waals surface area (Å²) in [5.41, 5.74) is 4.60. The maximum atomic E-state index is 14.7. The van der Waals surface area contributed by atoms with E-state index in [1.807, 2.05) is 101 Å². The van der Waals surface area contributed by atoms with Crippen molar-refractivity contribution >= 4 is 43.5 Å². The van der Waals surface area contributed by atoms with Crippen LogP contribution in [0, 0.1) is 20.8 Å². The van der Waals surface area contributed by atoms with Crippen molar-refractivity contribution < 1.29 is 18.0 Å². The van der Waals surface area contributed by atoms with E-state index >= 15 is 0 Å². The van der Waals surface area contributed by atoms with Gasteiger partial charge in [-0.3, -0.25) is 13.9 Å². The average molecular weight is 705 g/mol. The molecule has 46 heavy (non-hydrogen) atoms. The number of hydrogen-bond acceptors (Lipinski definition) is 4. The molecule has 4 aromatic rings. The highest BCUT2D eigenvalue weighted by atomic mass is 79.9. The van der Waals surface area contributed by atoms with Gasteiger partial charge in [0.15, 0.2) is 0 Å². The van der Waals surface area contributed by atoms with Gasteiger partial charge in [0, 0.05) is 23.5 Å². The number of benzene rings is 4. The maximum Gasteiger partial charge on any atom is 0.264 e. The second-order valence-corrected chi connectivity index (χ2v) is 14.6. The summed E-state index contributed by atoms with van der Waals surface area (Å²) in [5, 5.41) is 3.07. The Bertz CT molecular complexity index is 1760. The smallest absolute Gasteiger partial charge is 0.264 e. The summed E-state index contributed by atoms with van der Waals surface area (Å²) >= 11 is 3.52. The summed E-state index contributed by atoms with van der Waals surface area (Å²) in [4.78, 5) is 30.2. The van der Waals surface area contributed by atoms with Crippen molar-refractivity contribution in [3.63, 3.8) is 0 Å². The van der Waals surface area contributed by atoms with Gasteiger partial charge in [0.1, 0.15) is 12.6 Å². The van der Waals surface area contributed by atoms with Gasteiger partial charge >= 0.3 is 0 Å². The Balaban J connectivity index is 1.84. The van der Waals surface area contributed by atoms with E-state index in [4.69, 9.17) is 0 Å². The van der Waals surface area contributed by atoms with Crippen molar-refractivity contribution in [1.82, 2.24) is 10.2 Å². The van der Waals surface area contributed by atoms with Crippen LogP contribution in [0.1, 0.15) is 48.1 Å². The molecule has 2 atom stereocenters. The number of amides is 2. The number of sulfonamides is 1. The fourth-order valence-electron chi connectivity index (χ4n) is 5.17. The van der Waals surface area contributed by atoms with E-state index in [1.165, 1.54) is 9.21 Å². The Hall–Kier alpha value is -3.95. The Kier molecular flexibility index (Phi) is 11.8. The third kappa shape index (κ3) is 8.85. The lowest BCUT2D eigenvalue weighted by Crippen LogP contribution is -2.54.